The van der Waals surface area contributed by atoms with E-state index in [0.717, 1.165) is 6.54 Å². The van der Waals surface area contributed by atoms with E-state index in [4.69, 9.17) is 0 Å². The summed E-state index contributed by atoms with van der Waals surface area (Å²) >= 11 is 0. The molecular formula is C13H17NO3. The molecule has 0 radical (unpaired) electrons. The first-order chi connectivity index (χ1) is 8.18. The molecule has 0 unspecified atom stereocenters. The number of ketones is 1. The monoisotopic (exact) mass is 235 g/mol. The predicted octanol–water partition coefficient (Wildman–Crippen LogP) is 1.30. The van der Waals surface area contributed by atoms with E-state index in [1.165, 1.54) is 12.5 Å². The molecule has 0 aliphatic heterocycles. The van der Waals surface area contributed by atoms with Crippen LogP contribution < -0.4 is 5.32 Å². The highest BCUT2D eigenvalue weighted by Gasteiger charge is 2.03. The van der Waals surface area contributed by atoms with Crippen LogP contribution in [0, 0.1) is 0 Å². The predicted molar refractivity (Wildman–Crippen MR) is 64.4 cm³/mol. The Kier molecular flexibility index (Phi) is 5.96. The molecule has 0 aliphatic carbocycles. The molecule has 0 saturated heterocycles. The van der Waals surface area contributed by atoms with Gasteiger partial charge < -0.3 is 10.1 Å². The van der Waals surface area contributed by atoms with Gasteiger partial charge in [-0.05, 0) is 5.56 Å². The van der Waals surface area contributed by atoms with Crippen LogP contribution in [0.1, 0.15) is 18.9 Å². The van der Waals surface area contributed by atoms with Crippen molar-refractivity contribution >= 4 is 11.8 Å². The maximum absolute atomic E-state index is 11.2. The molecule has 0 fully saturated rings. The SMILES string of the molecule is CC(=O)OCC(=O)CCNCc1ccccc1. The zero-order valence-electron chi connectivity index (χ0n) is 9.94. The summed E-state index contributed by atoms with van der Waals surface area (Å²) in [4.78, 5) is 21.7. The van der Waals surface area contributed by atoms with Crippen LogP contribution in [0.15, 0.2) is 30.3 Å². The summed E-state index contributed by atoms with van der Waals surface area (Å²) in [5, 5.41) is 3.16. The lowest BCUT2D eigenvalue weighted by Gasteiger charge is -2.04. The number of rotatable bonds is 7. The van der Waals surface area contributed by atoms with Gasteiger partial charge in [0.2, 0.25) is 0 Å². The number of benzene rings is 1. The van der Waals surface area contributed by atoms with E-state index < -0.39 is 5.97 Å². The maximum atomic E-state index is 11.2. The number of hydrogen-bond donors (Lipinski definition) is 1. The van der Waals surface area contributed by atoms with Crippen molar-refractivity contribution in [2.45, 2.75) is 19.9 Å². The lowest BCUT2D eigenvalue weighted by molar-refractivity contribution is -0.145. The van der Waals surface area contributed by atoms with Crippen molar-refractivity contribution < 1.29 is 14.3 Å². The molecule has 1 aromatic rings. The first-order valence-corrected chi connectivity index (χ1v) is 5.58. The number of ether oxygens (including phenoxy) is 1. The number of carbonyl (C=O) groups is 2. The Morgan fingerprint density at radius 3 is 2.59 bits per heavy atom. The van der Waals surface area contributed by atoms with Gasteiger partial charge in [-0.3, -0.25) is 9.59 Å². The van der Waals surface area contributed by atoms with E-state index in [0.29, 0.717) is 13.0 Å². The molecular weight excluding hydrogens is 218 g/mol. The molecule has 0 aromatic heterocycles. The van der Waals surface area contributed by atoms with Gasteiger partial charge in [0.15, 0.2) is 5.78 Å². The van der Waals surface area contributed by atoms with Crippen LogP contribution in [-0.4, -0.2) is 24.9 Å². The van der Waals surface area contributed by atoms with Gasteiger partial charge in [-0.2, -0.15) is 0 Å². The van der Waals surface area contributed by atoms with Gasteiger partial charge in [0, 0.05) is 26.4 Å². The van der Waals surface area contributed by atoms with Gasteiger partial charge in [-0.1, -0.05) is 30.3 Å². The average molecular weight is 235 g/mol. The van der Waals surface area contributed by atoms with Gasteiger partial charge in [0.25, 0.3) is 0 Å². The van der Waals surface area contributed by atoms with Crippen molar-refractivity contribution in [1.29, 1.82) is 0 Å². The molecule has 0 bridgehead atoms. The number of nitrogens with one attached hydrogen (secondary N) is 1. The number of Topliss-reactive ketones (excluding diaryl/α,β-unsaturated/α-hetero) is 1. The van der Waals surface area contributed by atoms with Crippen molar-refractivity contribution in [3.8, 4) is 0 Å². The fourth-order valence-electron chi connectivity index (χ4n) is 1.31. The standard InChI is InChI=1S/C13H17NO3/c1-11(15)17-10-13(16)7-8-14-9-12-5-3-2-4-6-12/h2-6,14H,7-10H2,1H3. The van der Waals surface area contributed by atoms with E-state index >= 15 is 0 Å². The van der Waals surface area contributed by atoms with Crippen LogP contribution in [-0.2, 0) is 20.9 Å². The van der Waals surface area contributed by atoms with Gasteiger partial charge in [0.1, 0.15) is 6.61 Å². The topological polar surface area (TPSA) is 55.4 Å². The maximum Gasteiger partial charge on any atom is 0.303 e. The zero-order valence-corrected chi connectivity index (χ0v) is 9.94. The molecule has 4 nitrogen and oxygen atoms in total. The Balaban J connectivity index is 2.08. The van der Waals surface area contributed by atoms with Crippen molar-refractivity contribution in [2.75, 3.05) is 13.2 Å². The molecule has 0 amide bonds. The van der Waals surface area contributed by atoms with Gasteiger partial charge in [-0.25, -0.2) is 0 Å². The smallest absolute Gasteiger partial charge is 0.303 e. The highest BCUT2D eigenvalue weighted by atomic mass is 16.5. The molecule has 4 heteroatoms. The number of carbonyl (C=O) groups excluding carboxylic acids is 2. The second kappa shape index (κ2) is 7.57. The van der Waals surface area contributed by atoms with Crippen LogP contribution in [0.25, 0.3) is 0 Å². The van der Waals surface area contributed by atoms with Crippen LogP contribution >= 0.6 is 0 Å². The van der Waals surface area contributed by atoms with Gasteiger partial charge in [0.05, 0.1) is 0 Å². The van der Waals surface area contributed by atoms with Crippen molar-refractivity contribution in [2.24, 2.45) is 0 Å². The quantitative estimate of drug-likeness (QED) is 0.571. The lowest BCUT2D eigenvalue weighted by atomic mass is 10.2. The zero-order chi connectivity index (χ0) is 12.5. The van der Waals surface area contributed by atoms with E-state index in [-0.39, 0.29) is 12.4 Å². The van der Waals surface area contributed by atoms with Gasteiger partial charge in [-0.15, -0.1) is 0 Å². The Hall–Kier alpha value is -1.68. The van der Waals surface area contributed by atoms with E-state index in [2.05, 4.69) is 10.1 Å². The fourth-order valence-corrected chi connectivity index (χ4v) is 1.31. The second-order valence-corrected chi connectivity index (χ2v) is 3.73. The molecule has 0 spiro atoms. The summed E-state index contributed by atoms with van der Waals surface area (Å²) in [5.74, 6) is -0.489. The first-order valence-electron chi connectivity index (χ1n) is 5.58. The molecule has 1 aromatic carbocycles. The molecule has 17 heavy (non-hydrogen) atoms. The number of esters is 1. The van der Waals surface area contributed by atoms with Crippen LogP contribution in [0.3, 0.4) is 0 Å². The lowest BCUT2D eigenvalue weighted by Crippen LogP contribution is -2.20. The van der Waals surface area contributed by atoms with Crippen molar-refractivity contribution in [1.82, 2.24) is 5.32 Å². The summed E-state index contributed by atoms with van der Waals surface area (Å²) in [6.45, 7) is 2.50. The summed E-state index contributed by atoms with van der Waals surface area (Å²) in [6.07, 6.45) is 0.375. The molecule has 1 rings (SSSR count). The van der Waals surface area contributed by atoms with Crippen LogP contribution in [0.4, 0.5) is 0 Å². The molecule has 0 saturated carbocycles. The molecule has 0 aliphatic rings. The molecule has 1 N–H and O–H groups in total. The average Bonchev–Trinajstić information content (AvgIpc) is 2.33. The highest BCUT2D eigenvalue weighted by molar-refractivity contribution is 5.82. The van der Waals surface area contributed by atoms with Crippen LogP contribution in [0.2, 0.25) is 0 Å². The van der Waals surface area contributed by atoms with E-state index in [9.17, 15) is 9.59 Å². The minimum absolute atomic E-state index is 0.0687. The summed E-state index contributed by atoms with van der Waals surface area (Å²) in [6, 6.07) is 9.96. The third-order valence-corrected chi connectivity index (χ3v) is 2.19. The Bertz CT molecular complexity index is 362. The third-order valence-electron chi connectivity index (χ3n) is 2.19. The Morgan fingerprint density at radius 1 is 1.24 bits per heavy atom. The van der Waals surface area contributed by atoms with E-state index in [1.54, 1.807) is 0 Å². The Labute approximate surface area is 101 Å². The third kappa shape index (κ3) is 6.48. The second-order valence-electron chi connectivity index (χ2n) is 3.73. The normalized spacial score (nSPS) is 9.94. The fraction of sp³-hybridized carbons (Fsp3) is 0.385. The summed E-state index contributed by atoms with van der Waals surface area (Å²) in [7, 11) is 0. The van der Waals surface area contributed by atoms with E-state index in [1.807, 2.05) is 30.3 Å². The minimum Gasteiger partial charge on any atom is -0.458 e. The van der Waals surface area contributed by atoms with Crippen LogP contribution in [0.5, 0.6) is 0 Å². The summed E-state index contributed by atoms with van der Waals surface area (Å²) < 4.78 is 4.60. The molecule has 0 heterocycles. The summed E-state index contributed by atoms with van der Waals surface area (Å²) in [5.41, 5.74) is 1.18. The molecule has 0 atom stereocenters. The largest absolute Gasteiger partial charge is 0.458 e. The number of hydrogen-bond acceptors (Lipinski definition) is 4. The van der Waals surface area contributed by atoms with Gasteiger partial charge >= 0.3 is 5.97 Å². The van der Waals surface area contributed by atoms with Crippen molar-refractivity contribution in [3.63, 3.8) is 0 Å². The first kappa shape index (κ1) is 13.4. The Morgan fingerprint density at radius 2 is 1.94 bits per heavy atom. The molecule has 92 valence electrons. The minimum atomic E-state index is -0.421. The highest BCUT2D eigenvalue weighted by Crippen LogP contribution is 1.97. The van der Waals surface area contributed by atoms with Crippen molar-refractivity contribution in [3.05, 3.63) is 35.9 Å².